The van der Waals surface area contributed by atoms with Crippen LogP contribution < -0.4 is 0 Å². The van der Waals surface area contributed by atoms with Crippen molar-refractivity contribution < 1.29 is 14.8 Å². The number of aromatic nitrogens is 1. The lowest BCUT2D eigenvalue weighted by Crippen LogP contribution is -2.48. The van der Waals surface area contributed by atoms with E-state index in [1.54, 1.807) is 12.1 Å². The summed E-state index contributed by atoms with van der Waals surface area (Å²) >= 11 is 1.48. The lowest BCUT2D eigenvalue weighted by molar-refractivity contribution is -0.384. The highest BCUT2D eigenvalue weighted by Gasteiger charge is 2.26. The molecule has 0 unspecified atom stereocenters. The largest absolute Gasteiger partial charge is 0.394 e. The van der Waals surface area contributed by atoms with Crippen LogP contribution in [-0.4, -0.2) is 51.8 Å². The maximum Gasteiger partial charge on any atom is 0.270 e. The van der Waals surface area contributed by atoms with Crippen molar-refractivity contribution in [2.75, 3.05) is 19.8 Å². The van der Waals surface area contributed by atoms with Gasteiger partial charge in [-0.25, -0.2) is 4.98 Å². The minimum absolute atomic E-state index is 0.0131. The Morgan fingerprint density at radius 2 is 2.38 bits per heavy atom. The number of thiazole rings is 1. The van der Waals surface area contributed by atoms with Crippen LogP contribution in [-0.2, 0) is 11.3 Å². The van der Waals surface area contributed by atoms with Crippen LogP contribution in [0.25, 0.3) is 10.6 Å². The second-order valence-corrected chi connectivity index (χ2v) is 6.73. The number of non-ortho nitro benzene ring substituents is 1. The maximum absolute atomic E-state index is 10.9. The van der Waals surface area contributed by atoms with E-state index in [0.717, 1.165) is 16.3 Å². The summed E-state index contributed by atoms with van der Waals surface area (Å²) in [6.45, 7) is 4.03. The standard InChI is InChI=1S/C16H19N3O4S/c1-11-9-23-15(8-20)7-18(11)6-13-10-24-16(17-13)12-3-2-4-14(5-12)19(21)22/h2-5,10-11,15,20H,6-9H2,1H3/t11-,15+/m0/s1. The number of hydrogen-bond acceptors (Lipinski definition) is 7. The number of benzene rings is 1. The van der Waals surface area contributed by atoms with E-state index in [2.05, 4.69) is 16.8 Å². The Bertz CT molecular complexity index is 721. The molecule has 1 aromatic heterocycles. The fraction of sp³-hybridized carbons (Fsp3) is 0.438. The van der Waals surface area contributed by atoms with Crippen molar-refractivity contribution in [3.8, 4) is 10.6 Å². The molecule has 1 N–H and O–H groups in total. The van der Waals surface area contributed by atoms with E-state index in [9.17, 15) is 15.2 Å². The second kappa shape index (κ2) is 7.35. The molecule has 2 atom stereocenters. The molecular formula is C16H19N3O4S. The van der Waals surface area contributed by atoms with Gasteiger partial charge >= 0.3 is 0 Å². The monoisotopic (exact) mass is 349 g/mol. The molecule has 3 rings (SSSR count). The van der Waals surface area contributed by atoms with Gasteiger partial charge in [0.25, 0.3) is 5.69 Å². The van der Waals surface area contributed by atoms with Gasteiger partial charge in [0.1, 0.15) is 5.01 Å². The summed E-state index contributed by atoms with van der Waals surface area (Å²) in [5, 5.41) is 22.9. The molecule has 0 aliphatic carbocycles. The van der Waals surface area contributed by atoms with Crippen LogP contribution in [0.3, 0.4) is 0 Å². The Morgan fingerprint density at radius 3 is 3.12 bits per heavy atom. The Labute approximate surface area is 143 Å². The maximum atomic E-state index is 10.9. The molecule has 0 radical (unpaired) electrons. The fourth-order valence-corrected chi connectivity index (χ4v) is 3.49. The average molecular weight is 349 g/mol. The van der Waals surface area contributed by atoms with E-state index in [4.69, 9.17) is 4.74 Å². The number of rotatable bonds is 5. The van der Waals surface area contributed by atoms with E-state index in [1.807, 2.05) is 11.4 Å². The molecule has 24 heavy (non-hydrogen) atoms. The predicted molar refractivity (Wildman–Crippen MR) is 90.9 cm³/mol. The Hall–Kier alpha value is -1.87. The van der Waals surface area contributed by atoms with Crippen LogP contribution in [0.4, 0.5) is 5.69 Å². The van der Waals surface area contributed by atoms with Crippen LogP contribution in [0.15, 0.2) is 29.6 Å². The van der Waals surface area contributed by atoms with Gasteiger partial charge in [-0.15, -0.1) is 11.3 Å². The van der Waals surface area contributed by atoms with Crippen molar-refractivity contribution in [1.29, 1.82) is 0 Å². The van der Waals surface area contributed by atoms with Crippen molar-refractivity contribution in [2.45, 2.75) is 25.6 Å². The van der Waals surface area contributed by atoms with Gasteiger partial charge in [-0.05, 0) is 6.92 Å². The number of nitro groups is 1. The number of ether oxygens (including phenoxy) is 1. The molecule has 0 spiro atoms. The molecule has 2 aromatic rings. The van der Waals surface area contributed by atoms with Crippen molar-refractivity contribution in [1.82, 2.24) is 9.88 Å². The molecule has 1 aliphatic heterocycles. The Balaban J connectivity index is 1.73. The molecule has 0 bridgehead atoms. The highest BCUT2D eigenvalue weighted by molar-refractivity contribution is 7.13. The van der Waals surface area contributed by atoms with E-state index in [1.165, 1.54) is 17.4 Å². The summed E-state index contributed by atoms with van der Waals surface area (Å²) < 4.78 is 5.54. The van der Waals surface area contributed by atoms with E-state index < -0.39 is 4.92 Å². The highest BCUT2D eigenvalue weighted by atomic mass is 32.1. The van der Waals surface area contributed by atoms with Gasteiger partial charge in [0, 0.05) is 42.2 Å². The predicted octanol–water partition coefficient (Wildman–Crippen LogP) is 2.30. The molecule has 2 heterocycles. The van der Waals surface area contributed by atoms with Gasteiger partial charge in [0.15, 0.2) is 0 Å². The van der Waals surface area contributed by atoms with Crippen LogP contribution in [0.2, 0.25) is 0 Å². The molecule has 128 valence electrons. The van der Waals surface area contributed by atoms with E-state index in [0.29, 0.717) is 19.7 Å². The topological polar surface area (TPSA) is 88.7 Å². The summed E-state index contributed by atoms with van der Waals surface area (Å²) in [4.78, 5) is 17.3. The molecule has 1 fully saturated rings. The number of morpholine rings is 1. The molecule has 0 saturated carbocycles. The zero-order valence-electron chi connectivity index (χ0n) is 13.3. The lowest BCUT2D eigenvalue weighted by atomic mass is 10.2. The minimum atomic E-state index is -0.400. The fourth-order valence-electron chi connectivity index (χ4n) is 2.68. The van der Waals surface area contributed by atoms with Gasteiger partial charge in [0.2, 0.25) is 0 Å². The van der Waals surface area contributed by atoms with Crippen LogP contribution in [0.5, 0.6) is 0 Å². The molecular weight excluding hydrogens is 330 g/mol. The third-order valence-electron chi connectivity index (χ3n) is 4.06. The van der Waals surface area contributed by atoms with Gasteiger partial charge in [-0.3, -0.25) is 15.0 Å². The molecule has 0 amide bonds. The third kappa shape index (κ3) is 3.78. The first-order valence-corrected chi connectivity index (χ1v) is 8.60. The average Bonchev–Trinajstić information content (AvgIpc) is 3.05. The van der Waals surface area contributed by atoms with Crippen molar-refractivity contribution in [3.05, 3.63) is 45.5 Å². The quantitative estimate of drug-likeness (QED) is 0.658. The van der Waals surface area contributed by atoms with Crippen LogP contribution >= 0.6 is 11.3 Å². The summed E-state index contributed by atoms with van der Waals surface area (Å²) in [6, 6.07) is 6.78. The zero-order valence-corrected chi connectivity index (χ0v) is 14.1. The summed E-state index contributed by atoms with van der Waals surface area (Å²) in [6.07, 6.45) is -0.156. The van der Waals surface area contributed by atoms with Gasteiger partial charge < -0.3 is 9.84 Å². The zero-order chi connectivity index (χ0) is 17.1. The lowest BCUT2D eigenvalue weighted by Gasteiger charge is -2.36. The number of aliphatic hydroxyl groups excluding tert-OH is 1. The van der Waals surface area contributed by atoms with Crippen molar-refractivity contribution in [3.63, 3.8) is 0 Å². The molecule has 8 heteroatoms. The number of nitrogens with zero attached hydrogens (tertiary/aromatic N) is 3. The van der Waals surface area contributed by atoms with Crippen LogP contribution in [0.1, 0.15) is 12.6 Å². The Kier molecular flexibility index (Phi) is 5.20. The summed E-state index contributed by atoms with van der Waals surface area (Å²) in [7, 11) is 0. The summed E-state index contributed by atoms with van der Waals surface area (Å²) in [5.74, 6) is 0. The number of hydrogen-bond donors (Lipinski definition) is 1. The third-order valence-corrected chi connectivity index (χ3v) is 5.00. The van der Waals surface area contributed by atoms with Crippen molar-refractivity contribution >= 4 is 17.0 Å². The van der Waals surface area contributed by atoms with E-state index >= 15 is 0 Å². The Morgan fingerprint density at radius 1 is 1.54 bits per heavy atom. The molecule has 1 aliphatic rings. The van der Waals surface area contributed by atoms with E-state index in [-0.39, 0.29) is 24.4 Å². The first-order chi connectivity index (χ1) is 11.6. The summed E-state index contributed by atoms with van der Waals surface area (Å²) in [5.41, 5.74) is 1.74. The van der Waals surface area contributed by atoms with Crippen LogP contribution in [0, 0.1) is 10.1 Å². The molecule has 1 aromatic carbocycles. The first-order valence-electron chi connectivity index (χ1n) is 7.72. The first kappa shape index (κ1) is 17.0. The smallest absolute Gasteiger partial charge is 0.270 e. The normalized spacial score (nSPS) is 21.8. The van der Waals surface area contributed by atoms with Crippen molar-refractivity contribution in [2.24, 2.45) is 0 Å². The van der Waals surface area contributed by atoms with Gasteiger partial charge in [0.05, 0.1) is 29.9 Å². The minimum Gasteiger partial charge on any atom is -0.394 e. The highest BCUT2D eigenvalue weighted by Crippen LogP contribution is 2.27. The number of aliphatic hydroxyl groups is 1. The number of nitro benzene ring substituents is 1. The second-order valence-electron chi connectivity index (χ2n) is 5.87. The molecule has 7 nitrogen and oxygen atoms in total. The molecule has 1 saturated heterocycles. The van der Waals surface area contributed by atoms with Gasteiger partial charge in [-0.2, -0.15) is 0 Å². The SMILES string of the molecule is C[C@H]1CO[C@@H](CO)CN1Cc1csc(-c2cccc([N+](=O)[O-])c2)n1. The van der Waals surface area contributed by atoms with Gasteiger partial charge in [-0.1, -0.05) is 12.1 Å².